The molecular weight excluding hydrogens is 420 g/mol. The van der Waals surface area contributed by atoms with Crippen molar-refractivity contribution >= 4 is 29.6 Å². The van der Waals surface area contributed by atoms with Gasteiger partial charge in [-0.05, 0) is 58.8 Å². The lowest BCUT2D eigenvalue weighted by atomic mass is 10.0. The second-order valence-corrected chi connectivity index (χ2v) is 7.89. The first kappa shape index (κ1) is 30.0. The van der Waals surface area contributed by atoms with Gasteiger partial charge in [-0.1, -0.05) is 32.0 Å². The van der Waals surface area contributed by atoms with Gasteiger partial charge in [-0.2, -0.15) is 0 Å². The molecular formula is C25H40N4O4. The molecule has 0 saturated heterocycles. The largest absolute Gasteiger partial charge is 0.466 e. The van der Waals surface area contributed by atoms with E-state index >= 15 is 0 Å². The van der Waals surface area contributed by atoms with Crippen molar-refractivity contribution in [2.45, 2.75) is 53.5 Å². The van der Waals surface area contributed by atoms with Gasteiger partial charge >= 0.3 is 5.97 Å². The fraction of sp³-hybridized carbons (Fsp3) is 0.520. The van der Waals surface area contributed by atoms with Gasteiger partial charge in [-0.15, -0.1) is 0 Å². The Morgan fingerprint density at radius 1 is 1.21 bits per heavy atom. The monoisotopic (exact) mass is 460 g/mol. The van der Waals surface area contributed by atoms with E-state index in [1.54, 1.807) is 20.9 Å². The van der Waals surface area contributed by atoms with Crippen LogP contribution in [0, 0.1) is 5.92 Å². The summed E-state index contributed by atoms with van der Waals surface area (Å²) in [5.41, 5.74) is 7.90. The van der Waals surface area contributed by atoms with Gasteiger partial charge in [0, 0.05) is 19.2 Å². The van der Waals surface area contributed by atoms with Crippen LogP contribution in [0.2, 0.25) is 0 Å². The summed E-state index contributed by atoms with van der Waals surface area (Å²) >= 11 is 0. The van der Waals surface area contributed by atoms with Crippen molar-refractivity contribution in [3.05, 3.63) is 41.6 Å². The number of carbonyl (C=O) groups is 3. The number of aldehydes is 1. The first-order chi connectivity index (χ1) is 15.6. The van der Waals surface area contributed by atoms with E-state index in [-0.39, 0.29) is 17.8 Å². The highest BCUT2D eigenvalue weighted by Crippen LogP contribution is 2.17. The van der Waals surface area contributed by atoms with Crippen LogP contribution < -0.4 is 11.1 Å². The third-order valence-electron chi connectivity index (χ3n) is 4.73. The molecule has 184 valence electrons. The van der Waals surface area contributed by atoms with Crippen molar-refractivity contribution in [1.29, 1.82) is 0 Å². The summed E-state index contributed by atoms with van der Waals surface area (Å²) in [5.74, 6) is -0.377. The van der Waals surface area contributed by atoms with Gasteiger partial charge in [-0.25, -0.2) is 0 Å². The van der Waals surface area contributed by atoms with E-state index in [4.69, 9.17) is 10.5 Å². The van der Waals surface area contributed by atoms with Crippen molar-refractivity contribution in [2.75, 3.05) is 27.2 Å². The molecule has 1 aromatic carbocycles. The quantitative estimate of drug-likeness (QED) is 0.172. The molecule has 1 atom stereocenters. The highest BCUT2D eigenvalue weighted by molar-refractivity contribution is 6.22. The lowest BCUT2D eigenvalue weighted by molar-refractivity contribution is -0.143. The summed E-state index contributed by atoms with van der Waals surface area (Å²) in [7, 11) is 3.48. The number of para-hydroxylation sites is 1. The summed E-state index contributed by atoms with van der Waals surface area (Å²) in [6, 6.07) is 8.85. The zero-order chi connectivity index (χ0) is 25.4. The second-order valence-electron chi connectivity index (χ2n) is 7.89. The van der Waals surface area contributed by atoms with Gasteiger partial charge in [-0.3, -0.25) is 14.6 Å². The van der Waals surface area contributed by atoms with Gasteiger partial charge in [0.15, 0.2) is 0 Å². The van der Waals surface area contributed by atoms with E-state index < -0.39 is 6.04 Å². The van der Waals surface area contributed by atoms with Crippen molar-refractivity contribution in [3.8, 4) is 0 Å². The number of nitrogens with zero attached hydrogens (tertiary/aromatic N) is 2. The van der Waals surface area contributed by atoms with Crippen LogP contribution in [0.25, 0.3) is 0 Å². The molecule has 1 rings (SSSR count). The van der Waals surface area contributed by atoms with E-state index in [0.717, 1.165) is 24.9 Å². The number of nitrogens with two attached hydrogens (primary N) is 1. The molecule has 1 amide bonds. The lowest BCUT2D eigenvalue weighted by Crippen LogP contribution is -2.43. The molecule has 0 radical (unpaired) electrons. The van der Waals surface area contributed by atoms with Gasteiger partial charge in [0.1, 0.15) is 6.29 Å². The predicted molar refractivity (Wildman–Crippen MR) is 133 cm³/mol. The number of amides is 1. The van der Waals surface area contributed by atoms with E-state index in [2.05, 4.69) is 10.3 Å². The van der Waals surface area contributed by atoms with Crippen LogP contribution in [0.15, 0.2) is 46.6 Å². The molecule has 0 heterocycles. The number of ether oxygens (including phenoxy) is 1. The Hall–Kier alpha value is -3.00. The second kappa shape index (κ2) is 16.6. The molecule has 0 aliphatic rings. The Kier molecular flexibility index (Phi) is 15.1. The van der Waals surface area contributed by atoms with Crippen LogP contribution in [0.3, 0.4) is 0 Å². The summed E-state index contributed by atoms with van der Waals surface area (Å²) < 4.78 is 4.72. The molecule has 8 heteroatoms. The average molecular weight is 461 g/mol. The highest BCUT2D eigenvalue weighted by Gasteiger charge is 2.27. The SMILES string of the molecule is CC(=Nc1ccccc1)/C(C(=O)N(C)C(C=O)C(C)C)=C(/C)N.CCOC(=O)CCCNC. The molecule has 0 saturated carbocycles. The van der Waals surface area contributed by atoms with E-state index in [0.29, 0.717) is 30.0 Å². The summed E-state index contributed by atoms with van der Waals surface area (Å²) in [4.78, 5) is 40.6. The van der Waals surface area contributed by atoms with Crippen LogP contribution in [-0.2, 0) is 19.1 Å². The molecule has 1 aromatic rings. The van der Waals surface area contributed by atoms with Crippen molar-refractivity contribution < 1.29 is 19.1 Å². The number of hydrogen-bond donors (Lipinski definition) is 2. The highest BCUT2D eigenvalue weighted by atomic mass is 16.5. The fourth-order valence-corrected chi connectivity index (χ4v) is 3.01. The minimum absolute atomic E-state index is 0.0205. The van der Waals surface area contributed by atoms with E-state index in [9.17, 15) is 14.4 Å². The zero-order valence-electron chi connectivity index (χ0n) is 21.1. The normalized spacial score (nSPS) is 12.8. The van der Waals surface area contributed by atoms with Crippen LogP contribution >= 0.6 is 0 Å². The number of rotatable bonds is 11. The topological polar surface area (TPSA) is 114 Å². The van der Waals surface area contributed by atoms with Gasteiger partial charge in [0.05, 0.1) is 29.6 Å². The third-order valence-corrected chi connectivity index (χ3v) is 4.73. The standard InChI is InChI=1S/C18H25N3O2.C7H15NO2/c1-12(2)16(11-22)21(5)18(23)17(13(3)19)14(4)20-15-9-7-6-8-10-15;1-3-10-7(9)5-4-6-8-2/h6-12,16H,19H2,1-5H3;8H,3-6H2,1-2H3/b17-13+,20-14?;. The number of esters is 1. The van der Waals surface area contributed by atoms with E-state index in [1.807, 2.05) is 58.2 Å². The molecule has 0 aromatic heterocycles. The Bertz CT molecular complexity index is 800. The van der Waals surface area contributed by atoms with Crippen LogP contribution in [-0.4, -0.2) is 62.1 Å². The molecule has 0 spiro atoms. The molecule has 8 nitrogen and oxygen atoms in total. The lowest BCUT2D eigenvalue weighted by Gasteiger charge is -2.28. The van der Waals surface area contributed by atoms with Crippen molar-refractivity contribution in [3.63, 3.8) is 0 Å². The number of hydrogen-bond acceptors (Lipinski definition) is 7. The van der Waals surface area contributed by atoms with Gasteiger partial charge in [0.2, 0.25) is 0 Å². The zero-order valence-corrected chi connectivity index (χ0v) is 21.1. The summed E-state index contributed by atoms with van der Waals surface area (Å²) in [5, 5.41) is 2.96. The molecule has 3 N–H and O–H groups in total. The molecule has 33 heavy (non-hydrogen) atoms. The number of aliphatic imine (C=N–C) groups is 1. The number of benzene rings is 1. The number of carbonyl (C=O) groups excluding carboxylic acids is 3. The van der Waals surface area contributed by atoms with Crippen LogP contribution in [0.4, 0.5) is 5.69 Å². The maximum atomic E-state index is 12.8. The van der Waals surface area contributed by atoms with Crippen molar-refractivity contribution in [1.82, 2.24) is 10.2 Å². The fourth-order valence-electron chi connectivity index (χ4n) is 3.01. The Labute approximate surface area is 198 Å². The first-order valence-electron chi connectivity index (χ1n) is 11.2. The summed E-state index contributed by atoms with van der Waals surface area (Å²) in [6.45, 7) is 10.4. The molecule has 1 unspecified atom stereocenters. The number of likely N-dealkylation sites (N-methyl/N-ethyl adjacent to an activating group) is 1. The number of allylic oxidation sites excluding steroid dienone is 1. The number of nitrogens with one attached hydrogen (secondary N) is 1. The first-order valence-corrected chi connectivity index (χ1v) is 11.2. The smallest absolute Gasteiger partial charge is 0.305 e. The minimum atomic E-state index is -0.499. The Morgan fingerprint density at radius 2 is 1.82 bits per heavy atom. The van der Waals surface area contributed by atoms with Gasteiger partial charge < -0.3 is 25.5 Å². The average Bonchev–Trinajstić information content (AvgIpc) is 2.75. The Morgan fingerprint density at radius 3 is 2.27 bits per heavy atom. The minimum Gasteiger partial charge on any atom is -0.466 e. The third kappa shape index (κ3) is 11.4. The van der Waals surface area contributed by atoms with Crippen LogP contribution in [0.1, 0.15) is 47.5 Å². The maximum absolute atomic E-state index is 12.8. The molecule has 0 aliphatic heterocycles. The van der Waals surface area contributed by atoms with E-state index in [1.165, 1.54) is 4.90 Å². The maximum Gasteiger partial charge on any atom is 0.305 e. The summed E-state index contributed by atoms with van der Waals surface area (Å²) in [6.07, 6.45) is 2.17. The predicted octanol–water partition coefficient (Wildman–Crippen LogP) is 3.24. The van der Waals surface area contributed by atoms with Crippen LogP contribution in [0.5, 0.6) is 0 Å². The van der Waals surface area contributed by atoms with Gasteiger partial charge in [0.25, 0.3) is 5.91 Å². The molecule has 0 aliphatic carbocycles. The van der Waals surface area contributed by atoms with Crippen molar-refractivity contribution in [2.24, 2.45) is 16.6 Å². The molecule has 0 bridgehead atoms. The molecule has 0 fully saturated rings. The Balaban J connectivity index is 0.000000861.